The van der Waals surface area contributed by atoms with E-state index in [0.29, 0.717) is 12.6 Å². The molecular weight excluding hydrogens is 266 g/mol. The number of carbonyl (C=O) groups is 1. The van der Waals surface area contributed by atoms with Gasteiger partial charge in [-0.2, -0.15) is 0 Å². The van der Waals surface area contributed by atoms with Gasteiger partial charge in [0.2, 0.25) is 0 Å². The molecule has 0 aliphatic heterocycles. The van der Waals surface area contributed by atoms with Crippen molar-refractivity contribution >= 4 is 5.97 Å². The lowest BCUT2D eigenvalue weighted by atomic mass is 9.97. The first kappa shape index (κ1) is 18.4. The number of rotatable bonds is 9. The lowest BCUT2D eigenvalue weighted by Gasteiger charge is -2.31. The van der Waals surface area contributed by atoms with Gasteiger partial charge >= 0.3 is 5.97 Å². The highest BCUT2D eigenvalue weighted by molar-refractivity contribution is 5.81. The van der Waals surface area contributed by atoms with Crippen molar-refractivity contribution in [2.24, 2.45) is 0 Å². The van der Waals surface area contributed by atoms with Crippen molar-refractivity contribution in [2.75, 3.05) is 47.4 Å². The fourth-order valence-corrected chi connectivity index (χ4v) is 3.30. The zero-order valence-electron chi connectivity index (χ0n) is 14.4. The van der Waals surface area contributed by atoms with Crippen LogP contribution in [0.25, 0.3) is 0 Å². The van der Waals surface area contributed by atoms with E-state index in [1.54, 1.807) is 0 Å². The smallest absolute Gasteiger partial charge is 0.326 e. The van der Waals surface area contributed by atoms with E-state index in [-0.39, 0.29) is 5.97 Å². The van der Waals surface area contributed by atoms with Crippen molar-refractivity contribution < 1.29 is 9.53 Å². The first-order chi connectivity index (χ1) is 9.99. The summed E-state index contributed by atoms with van der Waals surface area (Å²) in [6.07, 6.45) is 3.97. The molecule has 0 amide bonds. The predicted molar refractivity (Wildman–Crippen MR) is 86.5 cm³/mol. The molecule has 1 aliphatic rings. The standard InChI is InChI=1S/C16H33N3O2/c1-6-19(12-8-11-18(4)5)14-9-10-16(13-14,17-3)15(20)21-7-2/h14,17H,6-13H2,1-5H3. The van der Waals surface area contributed by atoms with Crippen LogP contribution in [0.15, 0.2) is 0 Å². The summed E-state index contributed by atoms with van der Waals surface area (Å²) in [5, 5.41) is 3.24. The van der Waals surface area contributed by atoms with Gasteiger partial charge in [-0.15, -0.1) is 0 Å². The summed E-state index contributed by atoms with van der Waals surface area (Å²) in [5.74, 6) is -0.0839. The molecule has 0 aromatic heterocycles. The van der Waals surface area contributed by atoms with Gasteiger partial charge < -0.3 is 19.9 Å². The molecule has 0 aromatic rings. The molecular formula is C16H33N3O2. The number of esters is 1. The number of carbonyl (C=O) groups excluding carboxylic acids is 1. The van der Waals surface area contributed by atoms with Crippen LogP contribution in [0, 0.1) is 0 Å². The third kappa shape index (κ3) is 4.94. The first-order valence-corrected chi connectivity index (χ1v) is 8.24. The summed E-state index contributed by atoms with van der Waals surface area (Å²) in [6, 6.07) is 0.481. The van der Waals surface area contributed by atoms with Gasteiger partial charge in [0.25, 0.3) is 0 Å². The van der Waals surface area contributed by atoms with Crippen molar-refractivity contribution in [3.63, 3.8) is 0 Å². The van der Waals surface area contributed by atoms with E-state index >= 15 is 0 Å². The van der Waals surface area contributed by atoms with E-state index in [2.05, 4.69) is 36.1 Å². The molecule has 21 heavy (non-hydrogen) atoms. The lowest BCUT2D eigenvalue weighted by Crippen LogP contribution is -2.50. The molecule has 2 unspecified atom stereocenters. The molecule has 2 atom stereocenters. The molecule has 1 rings (SSSR count). The number of nitrogens with zero attached hydrogens (tertiary/aromatic N) is 2. The van der Waals surface area contributed by atoms with Gasteiger partial charge in [-0.1, -0.05) is 6.92 Å². The topological polar surface area (TPSA) is 44.8 Å². The molecule has 0 bridgehead atoms. The third-order valence-electron chi connectivity index (χ3n) is 4.61. The van der Waals surface area contributed by atoms with Crippen LogP contribution in [0.2, 0.25) is 0 Å². The van der Waals surface area contributed by atoms with E-state index in [4.69, 9.17) is 4.74 Å². The van der Waals surface area contributed by atoms with Gasteiger partial charge in [0.05, 0.1) is 6.61 Å². The SMILES string of the molecule is CCOC(=O)C1(NC)CCC(N(CC)CCCN(C)C)C1. The number of likely N-dealkylation sites (N-methyl/N-ethyl adjacent to an activating group) is 1. The van der Waals surface area contributed by atoms with Crippen molar-refractivity contribution in [3.8, 4) is 0 Å². The Balaban J connectivity index is 2.58. The van der Waals surface area contributed by atoms with Gasteiger partial charge in [-0.25, -0.2) is 0 Å². The Labute approximate surface area is 130 Å². The van der Waals surface area contributed by atoms with Crippen LogP contribution in [0.5, 0.6) is 0 Å². The molecule has 5 heteroatoms. The van der Waals surface area contributed by atoms with Gasteiger partial charge in [0.1, 0.15) is 5.54 Å². The maximum absolute atomic E-state index is 12.2. The zero-order chi connectivity index (χ0) is 15.9. The summed E-state index contributed by atoms with van der Waals surface area (Å²) in [5.41, 5.74) is -0.477. The highest BCUT2D eigenvalue weighted by Crippen LogP contribution is 2.34. The van der Waals surface area contributed by atoms with Crippen molar-refractivity contribution in [2.45, 2.75) is 51.1 Å². The minimum Gasteiger partial charge on any atom is -0.465 e. The molecule has 124 valence electrons. The monoisotopic (exact) mass is 299 g/mol. The zero-order valence-corrected chi connectivity index (χ0v) is 14.4. The minimum absolute atomic E-state index is 0.0839. The average Bonchev–Trinajstić information content (AvgIpc) is 2.89. The Morgan fingerprint density at radius 1 is 1.33 bits per heavy atom. The number of hydrogen-bond donors (Lipinski definition) is 1. The van der Waals surface area contributed by atoms with E-state index in [1.165, 1.54) is 6.42 Å². The van der Waals surface area contributed by atoms with Crippen LogP contribution >= 0.6 is 0 Å². The molecule has 1 fully saturated rings. The fourth-order valence-electron chi connectivity index (χ4n) is 3.30. The number of hydrogen-bond acceptors (Lipinski definition) is 5. The Hall–Kier alpha value is -0.650. The second kappa shape index (κ2) is 8.71. The maximum Gasteiger partial charge on any atom is 0.326 e. The summed E-state index contributed by atoms with van der Waals surface area (Å²) in [4.78, 5) is 17.0. The molecule has 0 spiro atoms. The quantitative estimate of drug-likeness (QED) is 0.651. The average molecular weight is 299 g/mol. The molecule has 1 saturated carbocycles. The second-order valence-corrected chi connectivity index (χ2v) is 6.23. The maximum atomic E-state index is 12.2. The molecule has 1 aliphatic carbocycles. The highest BCUT2D eigenvalue weighted by atomic mass is 16.5. The third-order valence-corrected chi connectivity index (χ3v) is 4.61. The largest absolute Gasteiger partial charge is 0.465 e. The predicted octanol–water partition coefficient (Wildman–Crippen LogP) is 1.33. The van der Waals surface area contributed by atoms with E-state index in [1.807, 2.05) is 14.0 Å². The second-order valence-electron chi connectivity index (χ2n) is 6.23. The van der Waals surface area contributed by atoms with Gasteiger partial charge in [-0.05, 0) is 73.4 Å². The summed E-state index contributed by atoms with van der Waals surface area (Å²) < 4.78 is 5.27. The normalized spacial score (nSPS) is 25.8. The highest BCUT2D eigenvalue weighted by Gasteiger charge is 2.46. The van der Waals surface area contributed by atoms with E-state index in [9.17, 15) is 4.79 Å². The van der Waals surface area contributed by atoms with Crippen LogP contribution in [0.1, 0.15) is 39.5 Å². The first-order valence-electron chi connectivity index (χ1n) is 8.24. The Morgan fingerprint density at radius 3 is 2.57 bits per heavy atom. The molecule has 0 saturated heterocycles. The van der Waals surface area contributed by atoms with Crippen LogP contribution in [-0.2, 0) is 9.53 Å². The van der Waals surface area contributed by atoms with Crippen LogP contribution < -0.4 is 5.32 Å². The van der Waals surface area contributed by atoms with Crippen molar-refractivity contribution in [3.05, 3.63) is 0 Å². The van der Waals surface area contributed by atoms with Crippen molar-refractivity contribution in [1.82, 2.24) is 15.1 Å². The molecule has 1 N–H and O–H groups in total. The summed E-state index contributed by atoms with van der Waals surface area (Å²) >= 11 is 0. The van der Waals surface area contributed by atoms with Crippen molar-refractivity contribution in [1.29, 1.82) is 0 Å². The number of nitrogens with one attached hydrogen (secondary N) is 1. The Kier molecular flexibility index (Phi) is 7.63. The Bertz CT molecular complexity index is 323. The fraction of sp³-hybridized carbons (Fsp3) is 0.938. The van der Waals surface area contributed by atoms with Crippen LogP contribution in [0.4, 0.5) is 0 Å². The summed E-state index contributed by atoms with van der Waals surface area (Å²) in [6.45, 7) is 7.78. The van der Waals surface area contributed by atoms with E-state index in [0.717, 1.165) is 38.9 Å². The van der Waals surface area contributed by atoms with Gasteiger partial charge in [0, 0.05) is 6.04 Å². The Morgan fingerprint density at radius 2 is 2.05 bits per heavy atom. The molecule has 0 radical (unpaired) electrons. The molecule has 5 nitrogen and oxygen atoms in total. The number of ether oxygens (including phenoxy) is 1. The van der Waals surface area contributed by atoms with Gasteiger partial charge in [-0.3, -0.25) is 4.79 Å². The molecule has 0 aromatic carbocycles. The summed E-state index contributed by atoms with van der Waals surface area (Å²) in [7, 11) is 6.10. The van der Waals surface area contributed by atoms with Crippen LogP contribution in [-0.4, -0.2) is 74.7 Å². The van der Waals surface area contributed by atoms with Gasteiger partial charge in [0.15, 0.2) is 0 Å². The van der Waals surface area contributed by atoms with Crippen LogP contribution in [0.3, 0.4) is 0 Å². The van der Waals surface area contributed by atoms with E-state index < -0.39 is 5.54 Å². The molecule has 0 heterocycles. The minimum atomic E-state index is -0.477. The lowest BCUT2D eigenvalue weighted by molar-refractivity contribution is -0.151.